The number of ketones is 1. The van der Waals surface area contributed by atoms with Crippen LogP contribution in [0.15, 0.2) is 6.20 Å². The number of nitrogens with zero attached hydrogens (tertiary/aromatic N) is 2. The first-order valence-electron chi connectivity index (χ1n) is 5.76. The number of likely N-dealkylation sites (tertiary alicyclic amines) is 1. The summed E-state index contributed by atoms with van der Waals surface area (Å²) in [5.41, 5.74) is 0. The topological polar surface area (TPSA) is 33.2 Å². The van der Waals surface area contributed by atoms with Crippen molar-refractivity contribution in [2.75, 3.05) is 6.54 Å². The molecule has 1 aromatic rings. The Balaban J connectivity index is 2.02. The lowest BCUT2D eigenvalue weighted by Crippen LogP contribution is -2.46. The van der Waals surface area contributed by atoms with Crippen LogP contribution in [0.2, 0.25) is 0 Å². The number of hydrogen-bond acceptors (Lipinski definition) is 4. The number of thiazole rings is 1. The summed E-state index contributed by atoms with van der Waals surface area (Å²) in [5.74, 6) is 0.564. The average molecular weight is 238 g/mol. The normalized spacial score (nSPS) is 27.3. The molecule has 0 aromatic carbocycles. The van der Waals surface area contributed by atoms with Crippen molar-refractivity contribution in [3.63, 3.8) is 0 Å². The summed E-state index contributed by atoms with van der Waals surface area (Å²) in [6.07, 6.45) is 2.61. The highest BCUT2D eigenvalue weighted by Crippen LogP contribution is 2.23. The van der Waals surface area contributed by atoms with Gasteiger partial charge in [0.1, 0.15) is 10.8 Å². The van der Waals surface area contributed by atoms with E-state index >= 15 is 0 Å². The maximum absolute atomic E-state index is 11.6. The van der Waals surface area contributed by atoms with Crippen LogP contribution in [0.4, 0.5) is 0 Å². The third kappa shape index (κ3) is 2.33. The molecule has 0 bridgehead atoms. The fourth-order valence-corrected chi connectivity index (χ4v) is 2.95. The van der Waals surface area contributed by atoms with Crippen LogP contribution in [0.3, 0.4) is 0 Å². The molecule has 2 atom stereocenters. The predicted octanol–water partition coefficient (Wildman–Crippen LogP) is 2.25. The molecule has 2 rings (SSSR count). The summed E-state index contributed by atoms with van der Waals surface area (Å²) in [7, 11) is 0. The summed E-state index contributed by atoms with van der Waals surface area (Å²) >= 11 is 1.75. The van der Waals surface area contributed by atoms with E-state index in [1.807, 2.05) is 13.1 Å². The number of rotatable bonds is 2. The lowest BCUT2D eigenvalue weighted by atomic mass is 9.91. The Hall–Kier alpha value is -0.740. The Bertz CT molecular complexity index is 388. The molecule has 0 amide bonds. The van der Waals surface area contributed by atoms with E-state index in [1.165, 1.54) is 4.88 Å². The molecule has 1 aromatic heterocycles. The summed E-state index contributed by atoms with van der Waals surface area (Å²) in [6, 6.07) is 0.338. The van der Waals surface area contributed by atoms with Gasteiger partial charge in [-0.2, -0.15) is 0 Å². The maximum atomic E-state index is 11.6. The van der Waals surface area contributed by atoms with Crippen molar-refractivity contribution in [3.8, 4) is 0 Å². The zero-order valence-electron chi connectivity index (χ0n) is 10.1. The lowest BCUT2D eigenvalue weighted by molar-refractivity contribution is -0.128. The van der Waals surface area contributed by atoms with E-state index in [1.54, 1.807) is 11.3 Å². The van der Waals surface area contributed by atoms with Gasteiger partial charge in [0.15, 0.2) is 0 Å². The minimum atomic E-state index is 0.162. The first-order chi connectivity index (χ1) is 7.58. The van der Waals surface area contributed by atoms with E-state index in [0.29, 0.717) is 18.2 Å². The van der Waals surface area contributed by atoms with Crippen molar-refractivity contribution in [1.82, 2.24) is 9.88 Å². The Morgan fingerprint density at radius 3 is 2.94 bits per heavy atom. The molecule has 0 saturated carbocycles. The zero-order valence-corrected chi connectivity index (χ0v) is 10.9. The molecule has 4 heteroatoms. The minimum absolute atomic E-state index is 0.162. The largest absolute Gasteiger partial charge is 0.299 e. The molecule has 1 aliphatic rings. The van der Waals surface area contributed by atoms with Crippen LogP contribution < -0.4 is 0 Å². The van der Waals surface area contributed by atoms with E-state index in [0.717, 1.165) is 18.1 Å². The van der Waals surface area contributed by atoms with Crippen LogP contribution in [0.5, 0.6) is 0 Å². The molecular formula is C12H18N2OS. The molecular weight excluding hydrogens is 220 g/mol. The summed E-state index contributed by atoms with van der Waals surface area (Å²) in [6.45, 7) is 8.02. The van der Waals surface area contributed by atoms with E-state index in [2.05, 4.69) is 23.7 Å². The van der Waals surface area contributed by atoms with E-state index in [4.69, 9.17) is 0 Å². The Labute approximate surface area is 100 Å². The number of carbonyl (C=O) groups excluding carboxylic acids is 1. The van der Waals surface area contributed by atoms with Gasteiger partial charge in [-0.25, -0.2) is 4.98 Å². The van der Waals surface area contributed by atoms with Crippen molar-refractivity contribution in [3.05, 3.63) is 16.1 Å². The van der Waals surface area contributed by atoms with Crippen molar-refractivity contribution in [1.29, 1.82) is 0 Å². The number of hydrogen-bond donors (Lipinski definition) is 0. The molecule has 0 radical (unpaired) electrons. The fraction of sp³-hybridized carbons (Fsp3) is 0.667. The second-order valence-corrected chi connectivity index (χ2v) is 5.90. The second-order valence-electron chi connectivity index (χ2n) is 4.58. The van der Waals surface area contributed by atoms with Crippen molar-refractivity contribution < 1.29 is 4.79 Å². The molecule has 1 saturated heterocycles. The fourth-order valence-electron chi connectivity index (χ4n) is 2.14. The van der Waals surface area contributed by atoms with Gasteiger partial charge in [-0.1, -0.05) is 6.92 Å². The molecule has 3 nitrogen and oxygen atoms in total. The van der Waals surface area contributed by atoms with Gasteiger partial charge in [0, 0.05) is 36.0 Å². The van der Waals surface area contributed by atoms with Crippen LogP contribution >= 0.6 is 11.3 Å². The van der Waals surface area contributed by atoms with Crippen molar-refractivity contribution in [2.24, 2.45) is 5.92 Å². The number of aromatic nitrogens is 1. The molecule has 1 aliphatic heterocycles. The Morgan fingerprint density at radius 2 is 2.31 bits per heavy atom. The highest BCUT2D eigenvalue weighted by molar-refractivity contribution is 7.11. The van der Waals surface area contributed by atoms with Gasteiger partial charge in [-0.05, 0) is 13.8 Å². The molecule has 2 heterocycles. The number of aryl methyl sites for hydroxylation is 1. The van der Waals surface area contributed by atoms with Crippen LogP contribution in [0.1, 0.15) is 30.2 Å². The van der Waals surface area contributed by atoms with Crippen molar-refractivity contribution in [2.45, 2.75) is 39.8 Å². The standard InChI is InChI=1S/C12H18N2OS/c1-8-6-13-12(16-8)7-14-5-4-11(15)9(2)10(14)3/h6,9-10H,4-5,7H2,1-3H3. The SMILES string of the molecule is Cc1cnc(CN2CCC(=O)C(C)C2C)s1. The zero-order chi connectivity index (χ0) is 11.7. The number of Topliss-reactive ketones (excluding diaryl/α,β-unsaturated/α-hetero) is 1. The molecule has 0 N–H and O–H groups in total. The number of piperidine rings is 1. The molecule has 88 valence electrons. The molecule has 1 fully saturated rings. The van der Waals surface area contributed by atoms with Gasteiger partial charge in [-0.3, -0.25) is 9.69 Å². The van der Waals surface area contributed by atoms with Crippen LogP contribution in [-0.2, 0) is 11.3 Å². The monoisotopic (exact) mass is 238 g/mol. The van der Waals surface area contributed by atoms with Gasteiger partial charge in [0.05, 0.1) is 6.54 Å². The number of carbonyl (C=O) groups is 1. The Kier molecular flexibility index (Phi) is 3.40. The minimum Gasteiger partial charge on any atom is -0.299 e. The Morgan fingerprint density at radius 1 is 1.56 bits per heavy atom. The molecule has 0 spiro atoms. The highest BCUT2D eigenvalue weighted by Gasteiger charge is 2.30. The van der Waals surface area contributed by atoms with E-state index in [9.17, 15) is 4.79 Å². The first kappa shape index (κ1) is 11.7. The summed E-state index contributed by atoms with van der Waals surface area (Å²) in [4.78, 5) is 19.6. The van der Waals surface area contributed by atoms with Crippen LogP contribution in [-0.4, -0.2) is 28.3 Å². The van der Waals surface area contributed by atoms with Gasteiger partial charge in [-0.15, -0.1) is 11.3 Å². The second kappa shape index (κ2) is 4.63. The van der Waals surface area contributed by atoms with Gasteiger partial charge in [0.25, 0.3) is 0 Å². The third-order valence-corrected chi connectivity index (χ3v) is 4.36. The first-order valence-corrected chi connectivity index (χ1v) is 6.57. The molecule has 16 heavy (non-hydrogen) atoms. The lowest BCUT2D eigenvalue weighted by Gasteiger charge is -2.36. The average Bonchev–Trinajstić information content (AvgIpc) is 2.65. The highest BCUT2D eigenvalue weighted by atomic mass is 32.1. The third-order valence-electron chi connectivity index (χ3n) is 3.46. The van der Waals surface area contributed by atoms with Gasteiger partial charge < -0.3 is 0 Å². The van der Waals surface area contributed by atoms with Crippen LogP contribution in [0, 0.1) is 12.8 Å². The van der Waals surface area contributed by atoms with Crippen molar-refractivity contribution >= 4 is 17.1 Å². The van der Waals surface area contributed by atoms with Gasteiger partial charge in [0.2, 0.25) is 0 Å². The quantitative estimate of drug-likeness (QED) is 0.792. The van der Waals surface area contributed by atoms with E-state index < -0.39 is 0 Å². The molecule has 2 unspecified atom stereocenters. The maximum Gasteiger partial charge on any atom is 0.138 e. The smallest absolute Gasteiger partial charge is 0.138 e. The summed E-state index contributed by atoms with van der Waals surface area (Å²) < 4.78 is 0. The summed E-state index contributed by atoms with van der Waals surface area (Å²) in [5, 5.41) is 1.16. The predicted molar refractivity (Wildman–Crippen MR) is 65.5 cm³/mol. The molecule has 0 aliphatic carbocycles. The van der Waals surface area contributed by atoms with Crippen LogP contribution in [0.25, 0.3) is 0 Å². The van der Waals surface area contributed by atoms with Gasteiger partial charge >= 0.3 is 0 Å². The van der Waals surface area contributed by atoms with E-state index in [-0.39, 0.29) is 5.92 Å².